The SMILES string of the molecule is CCCCc1ccc(Nc2ncnc(Nc3cccc(Cl)c3)c2N)cc1. The second kappa shape index (κ2) is 8.54. The minimum absolute atomic E-state index is 0.447. The third-order valence-corrected chi connectivity index (χ3v) is 4.24. The molecule has 0 saturated carbocycles. The maximum atomic E-state index is 6.23. The van der Waals surface area contributed by atoms with Crippen molar-refractivity contribution in [2.24, 2.45) is 0 Å². The molecule has 5 nitrogen and oxygen atoms in total. The molecule has 26 heavy (non-hydrogen) atoms. The summed E-state index contributed by atoms with van der Waals surface area (Å²) in [7, 11) is 0. The van der Waals surface area contributed by atoms with E-state index in [-0.39, 0.29) is 0 Å². The van der Waals surface area contributed by atoms with E-state index < -0.39 is 0 Å². The van der Waals surface area contributed by atoms with E-state index in [1.54, 1.807) is 0 Å². The summed E-state index contributed by atoms with van der Waals surface area (Å²) < 4.78 is 0. The van der Waals surface area contributed by atoms with E-state index in [9.17, 15) is 0 Å². The van der Waals surface area contributed by atoms with Gasteiger partial charge in [0.15, 0.2) is 11.6 Å². The van der Waals surface area contributed by atoms with Crippen molar-refractivity contribution in [2.45, 2.75) is 26.2 Å². The Labute approximate surface area is 158 Å². The zero-order valence-corrected chi connectivity index (χ0v) is 15.4. The van der Waals surface area contributed by atoms with Crippen molar-refractivity contribution in [3.05, 3.63) is 65.4 Å². The van der Waals surface area contributed by atoms with Crippen LogP contribution in [0.15, 0.2) is 54.9 Å². The van der Waals surface area contributed by atoms with Crippen LogP contribution in [0.2, 0.25) is 5.02 Å². The van der Waals surface area contributed by atoms with Crippen LogP contribution in [0, 0.1) is 0 Å². The van der Waals surface area contributed by atoms with Crippen LogP contribution in [0.4, 0.5) is 28.7 Å². The van der Waals surface area contributed by atoms with Gasteiger partial charge in [0.05, 0.1) is 0 Å². The summed E-state index contributed by atoms with van der Waals surface area (Å²) >= 11 is 6.02. The van der Waals surface area contributed by atoms with Gasteiger partial charge in [-0.2, -0.15) is 0 Å². The quantitative estimate of drug-likeness (QED) is 0.511. The van der Waals surface area contributed by atoms with Crippen LogP contribution in [0.25, 0.3) is 0 Å². The Balaban J connectivity index is 1.74. The number of rotatable bonds is 7. The van der Waals surface area contributed by atoms with Crippen molar-refractivity contribution in [2.75, 3.05) is 16.4 Å². The zero-order valence-electron chi connectivity index (χ0n) is 14.7. The van der Waals surface area contributed by atoms with Crippen LogP contribution >= 0.6 is 11.6 Å². The van der Waals surface area contributed by atoms with E-state index in [2.05, 4.69) is 39.7 Å². The Morgan fingerprint density at radius 3 is 2.31 bits per heavy atom. The molecule has 0 bridgehead atoms. The third-order valence-electron chi connectivity index (χ3n) is 4.01. The highest BCUT2D eigenvalue weighted by atomic mass is 35.5. The topological polar surface area (TPSA) is 75.9 Å². The first-order chi connectivity index (χ1) is 12.7. The molecule has 0 aliphatic rings. The highest BCUT2D eigenvalue weighted by molar-refractivity contribution is 6.30. The number of nitrogens with one attached hydrogen (secondary N) is 2. The Morgan fingerprint density at radius 1 is 0.962 bits per heavy atom. The maximum absolute atomic E-state index is 6.23. The average molecular weight is 368 g/mol. The first-order valence-corrected chi connectivity index (χ1v) is 9.02. The number of nitrogens with two attached hydrogens (primary N) is 1. The Morgan fingerprint density at radius 2 is 1.65 bits per heavy atom. The predicted molar refractivity (Wildman–Crippen MR) is 110 cm³/mol. The zero-order chi connectivity index (χ0) is 18.4. The van der Waals surface area contributed by atoms with Crippen LogP contribution in [0.3, 0.4) is 0 Å². The number of nitrogen functional groups attached to an aromatic ring is 1. The lowest BCUT2D eigenvalue weighted by Crippen LogP contribution is -2.05. The largest absolute Gasteiger partial charge is 0.393 e. The van der Waals surface area contributed by atoms with E-state index >= 15 is 0 Å². The molecule has 3 aromatic rings. The second-order valence-electron chi connectivity index (χ2n) is 6.05. The number of hydrogen-bond acceptors (Lipinski definition) is 5. The molecule has 134 valence electrons. The number of aromatic nitrogens is 2. The first kappa shape index (κ1) is 18.0. The van der Waals surface area contributed by atoms with E-state index in [1.165, 1.54) is 24.7 Å². The Bertz CT molecular complexity index is 864. The van der Waals surface area contributed by atoms with Gasteiger partial charge in [-0.25, -0.2) is 9.97 Å². The fourth-order valence-electron chi connectivity index (χ4n) is 2.57. The second-order valence-corrected chi connectivity index (χ2v) is 6.48. The summed E-state index contributed by atoms with van der Waals surface area (Å²) in [5.74, 6) is 1.09. The van der Waals surface area contributed by atoms with Gasteiger partial charge in [-0.3, -0.25) is 0 Å². The number of aryl methyl sites for hydroxylation is 1. The lowest BCUT2D eigenvalue weighted by molar-refractivity contribution is 0.795. The molecule has 0 fully saturated rings. The lowest BCUT2D eigenvalue weighted by atomic mass is 10.1. The van der Waals surface area contributed by atoms with Crippen LogP contribution in [0.5, 0.6) is 0 Å². The summed E-state index contributed by atoms with van der Waals surface area (Å²) in [6.45, 7) is 2.20. The highest BCUT2D eigenvalue weighted by Gasteiger charge is 2.09. The van der Waals surface area contributed by atoms with Crippen molar-refractivity contribution < 1.29 is 0 Å². The fourth-order valence-corrected chi connectivity index (χ4v) is 2.76. The van der Waals surface area contributed by atoms with Crippen LogP contribution in [-0.2, 0) is 6.42 Å². The highest BCUT2D eigenvalue weighted by Crippen LogP contribution is 2.29. The minimum atomic E-state index is 0.447. The van der Waals surface area contributed by atoms with Crippen molar-refractivity contribution in [3.63, 3.8) is 0 Å². The van der Waals surface area contributed by atoms with Gasteiger partial charge in [-0.1, -0.05) is 43.1 Å². The van der Waals surface area contributed by atoms with Crippen molar-refractivity contribution >= 4 is 40.3 Å². The molecule has 6 heteroatoms. The summed E-state index contributed by atoms with van der Waals surface area (Å²) in [4.78, 5) is 8.48. The molecule has 4 N–H and O–H groups in total. The number of halogens is 1. The molecule has 0 aliphatic carbocycles. The van der Waals surface area contributed by atoms with Gasteiger partial charge in [0.2, 0.25) is 0 Å². The molecular weight excluding hydrogens is 346 g/mol. The van der Waals surface area contributed by atoms with Crippen LogP contribution in [-0.4, -0.2) is 9.97 Å². The summed E-state index contributed by atoms with van der Waals surface area (Å²) in [6, 6.07) is 15.7. The normalized spacial score (nSPS) is 10.5. The monoisotopic (exact) mass is 367 g/mol. The standard InChI is InChI=1S/C20H22ClN5/c1-2-3-5-14-8-10-16(11-9-14)25-19-18(22)20(24-13-23-19)26-17-7-4-6-15(21)12-17/h4,6-13H,2-3,5,22H2,1H3,(H2,23,24,25,26). The van der Waals surface area contributed by atoms with Gasteiger partial charge in [0.25, 0.3) is 0 Å². The molecule has 0 aliphatic heterocycles. The van der Waals surface area contributed by atoms with E-state index in [4.69, 9.17) is 17.3 Å². The summed E-state index contributed by atoms with van der Waals surface area (Å²) in [5.41, 5.74) is 9.76. The molecule has 1 aromatic heterocycles. The Hall–Kier alpha value is -2.79. The molecule has 0 saturated heterocycles. The molecule has 0 amide bonds. The van der Waals surface area contributed by atoms with Crippen LogP contribution in [0.1, 0.15) is 25.3 Å². The van der Waals surface area contributed by atoms with Gasteiger partial charge in [-0.05, 0) is 48.7 Å². The molecule has 0 radical (unpaired) electrons. The third kappa shape index (κ3) is 4.64. The van der Waals surface area contributed by atoms with Gasteiger partial charge >= 0.3 is 0 Å². The predicted octanol–water partition coefficient (Wildman–Crippen LogP) is 5.54. The summed E-state index contributed by atoms with van der Waals surface area (Å²) in [5, 5.41) is 7.06. The number of anilines is 5. The van der Waals surface area contributed by atoms with Crippen molar-refractivity contribution in [3.8, 4) is 0 Å². The molecule has 2 aromatic carbocycles. The van der Waals surface area contributed by atoms with E-state index in [0.717, 1.165) is 17.8 Å². The number of nitrogens with zero attached hydrogens (tertiary/aromatic N) is 2. The fraction of sp³-hybridized carbons (Fsp3) is 0.200. The lowest BCUT2D eigenvalue weighted by Gasteiger charge is -2.13. The average Bonchev–Trinajstić information content (AvgIpc) is 2.64. The summed E-state index contributed by atoms with van der Waals surface area (Å²) in [6.07, 6.45) is 4.96. The smallest absolute Gasteiger partial charge is 0.159 e. The first-order valence-electron chi connectivity index (χ1n) is 8.64. The molecule has 3 rings (SSSR count). The van der Waals surface area contributed by atoms with Gasteiger partial charge in [0.1, 0.15) is 12.0 Å². The van der Waals surface area contributed by atoms with Gasteiger partial charge < -0.3 is 16.4 Å². The number of unbranched alkanes of at least 4 members (excludes halogenated alkanes) is 1. The van der Waals surface area contributed by atoms with E-state index in [0.29, 0.717) is 22.3 Å². The van der Waals surface area contributed by atoms with Crippen molar-refractivity contribution in [1.29, 1.82) is 0 Å². The molecular formula is C20H22ClN5. The molecule has 0 spiro atoms. The van der Waals surface area contributed by atoms with Crippen LogP contribution < -0.4 is 16.4 Å². The number of benzene rings is 2. The van der Waals surface area contributed by atoms with Crippen molar-refractivity contribution in [1.82, 2.24) is 9.97 Å². The van der Waals surface area contributed by atoms with Gasteiger partial charge in [-0.15, -0.1) is 0 Å². The van der Waals surface area contributed by atoms with E-state index in [1.807, 2.05) is 36.4 Å². The molecule has 1 heterocycles. The van der Waals surface area contributed by atoms with Gasteiger partial charge in [0, 0.05) is 16.4 Å². The minimum Gasteiger partial charge on any atom is -0.393 e. The number of hydrogen-bond donors (Lipinski definition) is 3. The maximum Gasteiger partial charge on any atom is 0.159 e. The molecule has 0 unspecified atom stereocenters. The molecule has 0 atom stereocenters. The Kier molecular flexibility index (Phi) is 5.92.